The molecular formula is C23H22N4O2. The van der Waals surface area contributed by atoms with Crippen LogP contribution >= 0.6 is 0 Å². The Morgan fingerprint density at radius 3 is 2.69 bits per heavy atom. The largest absolute Gasteiger partial charge is 0.340 e. The number of rotatable bonds is 4. The van der Waals surface area contributed by atoms with Crippen LogP contribution in [0.4, 0.5) is 17.2 Å². The highest BCUT2D eigenvalue weighted by atomic mass is 16.2. The van der Waals surface area contributed by atoms with Gasteiger partial charge in [0.05, 0.1) is 0 Å². The molecule has 0 aliphatic carbocycles. The van der Waals surface area contributed by atoms with Gasteiger partial charge < -0.3 is 10.2 Å². The Hall–Kier alpha value is -3.54. The highest BCUT2D eigenvalue weighted by molar-refractivity contribution is 6.06. The Bertz CT molecular complexity index is 1090. The Balaban J connectivity index is 1.63. The van der Waals surface area contributed by atoms with Gasteiger partial charge in [-0.1, -0.05) is 30.3 Å². The van der Waals surface area contributed by atoms with Crippen molar-refractivity contribution >= 4 is 28.9 Å². The summed E-state index contributed by atoms with van der Waals surface area (Å²) in [5.74, 6) is 0.883. The number of nitrogens with zero attached hydrogens (tertiary/aromatic N) is 3. The standard InChI is InChI=1S/C23H22N4O2/c1-15(28)18-8-5-10-19(13-18)26-22-14-20(24-16(2)25-22)23(29)27-12-6-9-17-7-3-4-11-21(17)27/h3-5,7-8,10-11,13-14H,6,9,12H2,1-2H3,(H,24,25,26). The number of hydrogen-bond acceptors (Lipinski definition) is 5. The highest BCUT2D eigenvalue weighted by Crippen LogP contribution is 2.28. The van der Waals surface area contributed by atoms with E-state index in [1.807, 2.05) is 30.3 Å². The third kappa shape index (κ3) is 4.01. The maximum Gasteiger partial charge on any atom is 0.277 e. The van der Waals surface area contributed by atoms with Crippen LogP contribution in [-0.2, 0) is 6.42 Å². The van der Waals surface area contributed by atoms with Crippen LogP contribution in [0.3, 0.4) is 0 Å². The molecule has 1 aromatic heterocycles. The molecule has 0 radical (unpaired) electrons. The van der Waals surface area contributed by atoms with Gasteiger partial charge in [0.1, 0.15) is 17.3 Å². The van der Waals surface area contributed by atoms with Crippen molar-refractivity contribution in [2.45, 2.75) is 26.7 Å². The van der Waals surface area contributed by atoms with Crippen molar-refractivity contribution in [3.05, 3.63) is 77.2 Å². The topological polar surface area (TPSA) is 75.2 Å². The summed E-state index contributed by atoms with van der Waals surface area (Å²) in [4.78, 5) is 35.4. The normalized spacial score (nSPS) is 13.0. The fourth-order valence-electron chi connectivity index (χ4n) is 3.59. The molecule has 0 unspecified atom stereocenters. The molecule has 1 N–H and O–H groups in total. The predicted molar refractivity (Wildman–Crippen MR) is 113 cm³/mol. The number of carbonyl (C=O) groups excluding carboxylic acids is 2. The average Bonchev–Trinajstić information content (AvgIpc) is 2.72. The van der Waals surface area contributed by atoms with Gasteiger partial charge in [-0.05, 0) is 50.5 Å². The Morgan fingerprint density at radius 1 is 1.03 bits per heavy atom. The van der Waals surface area contributed by atoms with E-state index in [4.69, 9.17) is 0 Å². The first kappa shape index (κ1) is 18.8. The van der Waals surface area contributed by atoms with E-state index < -0.39 is 0 Å². The second-order valence-electron chi connectivity index (χ2n) is 7.14. The van der Waals surface area contributed by atoms with Gasteiger partial charge in [0.15, 0.2) is 5.78 Å². The third-order valence-corrected chi connectivity index (χ3v) is 4.95. The molecule has 0 saturated carbocycles. The van der Waals surface area contributed by atoms with Crippen LogP contribution in [-0.4, -0.2) is 28.2 Å². The molecule has 2 aromatic carbocycles. The molecule has 146 valence electrons. The third-order valence-electron chi connectivity index (χ3n) is 4.95. The smallest absolute Gasteiger partial charge is 0.277 e. The number of ketones is 1. The molecule has 4 rings (SSSR count). The van der Waals surface area contributed by atoms with Crippen molar-refractivity contribution in [1.82, 2.24) is 9.97 Å². The molecule has 1 aliphatic rings. The summed E-state index contributed by atoms with van der Waals surface area (Å²) in [7, 11) is 0. The Morgan fingerprint density at radius 2 is 1.86 bits per heavy atom. The van der Waals surface area contributed by atoms with Crippen LogP contribution in [0.2, 0.25) is 0 Å². The van der Waals surface area contributed by atoms with E-state index in [9.17, 15) is 9.59 Å². The number of para-hydroxylation sites is 1. The zero-order valence-corrected chi connectivity index (χ0v) is 16.5. The monoisotopic (exact) mass is 386 g/mol. The van der Waals surface area contributed by atoms with Crippen molar-refractivity contribution in [2.24, 2.45) is 0 Å². The number of amides is 1. The lowest BCUT2D eigenvalue weighted by Crippen LogP contribution is -2.36. The van der Waals surface area contributed by atoms with E-state index in [0.29, 0.717) is 29.4 Å². The maximum absolute atomic E-state index is 13.2. The zero-order chi connectivity index (χ0) is 20.4. The number of carbonyl (C=O) groups is 2. The van der Waals surface area contributed by atoms with Crippen LogP contribution in [0.5, 0.6) is 0 Å². The fourth-order valence-corrected chi connectivity index (χ4v) is 3.59. The minimum Gasteiger partial charge on any atom is -0.340 e. The molecule has 0 bridgehead atoms. The van der Waals surface area contributed by atoms with E-state index in [2.05, 4.69) is 21.4 Å². The molecular weight excluding hydrogens is 364 g/mol. The van der Waals surface area contributed by atoms with Crippen molar-refractivity contribution in [2.75, 3.05) is 16.8 Å². The van der Waals surface area contributed by atoms with E-state index in [1.54, 1.807) is 30.0 Å². The molecule has 2 heterocycles. The summed E-state index contributed by atoms with van der Waals surface area (Å²) < 4.78 is 0. The van der Waals surface area contributed by atoms with Crippen LogP contribution < -0.4 is 10.2 Å². The molecule has 6 heteroatoms. The number of aryl methyl sites for hydroxylation is 2. The molecule has 3 aromatic rings. The summed E-state index contributed by atoms with van der Waals surface area (Å²) >= 11 is 0. The Kier molecular flexibility index (Phi) is 5.08. The Labute approximate surface area is 169 Å². The van der Waals surface area contributed by atoms with Crippen LogP contribution in [0.25, 0.3) is 0 Å². The summed E-state index contributed by atoms with van der Waals surface area (Å²) in [5.41, 5.74) is 3.82. The first-order chi connectivity index (χ1) is 14.0. The average molecular weight is 386 g/mol. The molecule has 0 fully saturated rings. The van der Waals surface area contributed by atoms with Crippen LogP contribution in [0.15, 0.2) is 54.6 Å². The molecule has 0 spiro atoms. The van der Waals surface area contributed by atoms with Crippen molar-refractivity contribution in [3.63, 3.8) is 0 Å². The predicted octanol–water partition coefficient (Wildman–Crippen LogP) is 4.32. The number of Topliss-reactive ketones (excluding diaryl/α,β-unsaturated/α-hetero) is 1. The summed E-state index contributed by atoms with van der Waals surface area (Å²) in [5, 5.41) is 3.18. The number of fused-ring (bicyclic) bond motifs is 1. The second kappa shape index (κ2) is 7.83. The lowest BCUT2D eigenvalue weighted by atomic mass is 10.0. The number of hydrogen-bond donors (Lipinski definition) is 1. The van der Waals surface area contributed by atoms with Crippen molar-refractivity contribution in [3.8, 4) is 0 Å². The van der Waals surface area contributed by atoms with Gasteiger partial charge in [0, 0.05) is 29.5 Å². The van der Waals surface area contributed by atoms with Crippen LogP contribution in [0.1, 0.15) is 45.6 Å². The van der Waals surface area contributed by atoms with Gasteiger partial charge >= 0.3 is 0 Å². The summed E-state index contributed by atoms with van der Waals surface area (Å²) in [6.07, 6.45) is 1.90. The van der Waals surface area contributed by atoms with Gasteiger partial charge in [0.2, 0.25) is 0 Å². The molecule has 0 saturated heterocycles. The lowest BCUT2D eigenvalue weighted by Gasteiger charge is -2.29. The highest BCUT2D eigenvalue weighted by Gasteiger charge is 2.24. The quantitative estimate of drug-likeness (QED) is 0.676. The summed E-state index contributed by atoms with van der Waals surface area (Å²) in [6.45, 7) is 3.96. The first-order valence-electron chi connectivity index (χ1n) is 9.65. The molecule has 29 heavy (non-hydrogen) atoms. The lowest BCUT2D eigenvalue weighted by molar-refractivity contribution is 0.0978. The fraction of sp³-hybridized carbons (Fsp3) is 0.217. The molecule has 1 amide bonds. The van der Waals surface area contributed by atoms with Gasteiger partial charge in [-0.3, -0.25) is 9.59 Å². The first-order valence-corrected chi connectivity index (χ1v) is 9.65. The van der Waals surface area contributed by atoms with Crippen molar-refractivity contribution < 1.29 is 9.59 Å². The van der Waals surface area contributed by atoms with Gasteiger partial charge in [-0.25, -0.2) is 9.97 Å². The van der Waals surface area contributed by atoms with Gasteiger partial charge in [-0.15, -0.1) is 0 Å². The number of benzene rings is 2. The van der Waals surface area contributed by atoms with Gasteiger partial charge in [-0.2, -0.15) is 0 Å². The zero-order valence-electron chi connectivity index (χ0n) is 16.5. The SMILES string of the molecule is CC(=O)c1cccc(Nc2cc(C(=O)N3CCCc4ccccc43)nc(C)n2)c1. The van der Waals surface area contributed by atoms with E-state index in [0.717, 1.165) is 24.2 Å². The van der Waals surface area contributed by atoms with E-state index >= 15 is 0 Å². The second-order valence-corrected chi connectivity index (χ2v) is 7.14. The number of nitrogens with one attached hydrogen (secondary N) is 1. The van der Waals surface area contributed by atoms with Crippen LogP contribution in [0, 0.1) is 6.92 Å². The minimum atomic E-state index is -0.136. The van der Waals surface area contributed by atoms with Crippen molar-refractivity contribution in [1.29, 1.82) is 0 Å². The summed E-state index contributed by atoms with van der Waals surface area (Å²) in [6, 6.07) is 16.8. The number of anilines is 3. The van der Waals surface area contributed by atoms with Gasteiger partial charge in [0.25, 0.3) is 5.91 Å². The van der Waals surface area contributed by atoms with E-state index in [1.165, 1.54) is 12.5 Å². The molecule has 6 nitrogen and oxygen atoms in total. The molecule has 1 aliphatic heterocycles. The van der Waals surface area contributed by atoms with E-state index in [-0.39, 0.29) is 11.7 Å². The minimum absolute atomic E-state index is 0.00727. The number of aromatic nitrogens is 2. The maximum atomic E-state index is 13.2. The molecule has 0 atom stereocenters.